The van der Waals surface area contributed by atoms with Crippen LogP contribution in [0.2, 0.25) is 0 Å². The third kappa shape index (κ3) is 8.22. The molecule has 2 aromatic carbocycles. The van der Waals surface area contributed by atoms with Gasteiger partial charge < -0.3 is 19.8 Å². The van der Waals surface area contributed by atoms with Crippen LogP contribution in [0.1, 0.15) is 22.4 Å². The molecule has 0 aliphatic rings. The lowest BCUT2D eigenvalue weighted by atomic mass is 10.2. The Kier molecular flexibility index (Phi) is 10.1. The summed E-state index contributed by atoms with van der Waals surface area (Å²) in [6.45, 7) is 4.00. The molecule has 10 nitrogen and oxygen atoms in total. The number of aromatic nitrogens is 4. The van der Waals surface area contributed by atoms with E-state index in [4.69, 9.17) is 4.74 Å². The Bertz CT molecular complexity index is 1900. The summed E-state index contributed by atoms with van der Waals surface area (Å²) in [6, 6.07) is 14.4. The van der Waals surface area contributed by atoms with Gasteiger partial charge in [0.15, 0.2) is 33.5 Å². The minimum absolute atomic E-state index is 0.136. The maximum Gasteiger partial charge on any atom is 0.245 e. The summed E-state index contributed by atoms with van der Waals surface area (Å²) in [5.41, 5.74) is 2.49. The van der Waals surface area contributed by atoms with E-state index < -0.39 is 13.2 Å². The third-order valence-corrected chi connectivity index (χ3v) is 10.00. The molecule has 5 aromatic rings. The summed E-state index contributed by atoms with van der Waals surface area (Å²) in [5.74, 6) is 6.68. The molecule has 234 valence electrons. The van der Waals surface area contributed by atoms with Crippen LogP contribution in [0.25, 0.3) is 10.2 Å². The van der Waals surface area contributed by atoms with Crippen molar-refractivity contribution in [2.24, 2.45) is 0 Å². The van der Waals surface area contributed by atoms with Crippen LogP contribution in [0.5, 0.6) is 5.75 Å². The first-order chi connectivity index (χ1) is 21.5. The lowest BCUT2D eigenvalue weighted by Gasteiger charge is -2.15. The maximum atomic E-state index is 14.6. The van der Waals surface area contributed by atoms with Gasteiger partial charge >= 0.3 is 0 Å². The first-order valence-corrected chi connectivity index (χ1v) is 17.8. The molecule has 0 fully saturated rings. The lowest BCUT2D eigenvalue weighted by molar-refractivity contribution is 0.296. The van der Waals surface area contributed by atoms with Gasteiger partial charge in [0.25, 0.3) is 0 Å². The van der Waals surface area contributed by atoms with Crippen LogP contribution < -0.4 is 20.4 Å². The molecule has 0 spiro atoms. The molecule has 14 heteroatoms. The molecule has 0 saturated carbocycles. The Morgan fingerprint density at radius 1 is 1.09 bits per heavy atom. The normalized spacial score (nSPS) is 12.5. The van der Waals surface area contributed by atoms with Gasteiger partial charge in [-0.3, -0.25) is 9.46 Å². The zero-order valence-electron chi connectivity index (χ0n) is 25.5. The van der Waals surface area contributed by atoms with E-state index in [0.717, 1.165) is 20.9 Å². The zero-order valence-corrected chi connectivity index (χ0v) is 28.1. The smallest absolute Gasteiger partial charge is 0.245 e. The first kappa shape index (κ1) is 32.5. The van der Waals surface area contributed by atoms with Gasteiger partial charge in [0.05, 0.1) is 23.4 Å². The fourth-order valence-electron chi connectivity index (χ4n) is 4.26. The van der Waals surface area contributed by atoms with Gasteiger partial charge in [0.1, 0.15) is 5.44 Å². The quantitative estimate of drug-likeness (QED) is 0.0996. The van der Waals surface area contributed by atoms with Crippen molar-refractivity contribution in [3.05, 3.63) is 70.4 Å². The van der Waals surface area contributed by atoms with Crippen LogP contribution in [-0.4, -0.2) is 70.9 Å². The topological polar surface area (TPSA) is 117 Å². The van der Waals surface area contributed by atoms with E-state index in [9.17, 15) is 13.8 Å². The highest BCUT2D eigenvalue weighted by molar-refractivity contribution is 7.65. The van der Waals surface area contributed by atoms with Crippen molar-refractivity contribution in [2.45, 2.75) is 19.8 Å². The molecule has 1 atom stereocenters. The molecule has 0 saturated heterocycles. The Morgan fingerprint density at radius 2 is 1.89 bits per heavy atom. The van der Waals surface area contributed by atoms with Gasteiger partial charge in [0.2, 0.25) is 7.37 Å². The van der Waals surface area contributed by atoms with Crippen molar-refractivity contribution < 1.29 is 18.6 Å². The molecule has 3 heterocycles. The highest BCUT2D eigenvalue weighted by atomic mass is 32.1. The molecule has 5 rings (SSSR count). The fraction of sp³-hybridized carbons (Fsp3) is 0.290. The van der Waals surface area contributed by atoms with Gasteiger partial charge in [-0.05, 0) is 75.8 Å². The van der Waals surface area contributed by atoms with E-state index in [0.29, 0.717) is 46.6 Å². The number of anilines is 4. The molecule has 0 aliphatic heterocycles. The monoisotopic (exact) mass is 665 g/mol. The predicted molar refractivity (Wildman–Crippen MR) is 181 cm³/mol. The lowest BCUT2D eigenvalue weighted by Crippen LogP contribution is -2.15. The minimum atomic E-state index is -3.67. The molecule has 0 aliphatic carbocycles. The zero-order chi connectivity index (χ0) is 32.1. The fourth-order valence-corrected chi connectivity index (χ4v) is 7.66. The van der Waals surface area contributed by atoms with E-state index in [1.165, 1.54) is 35.4 Å². The third-order valence-electron chi connectivity index (χ3n) is 6.55. The Labute approximate surface area is 269 Å². The van der Waals surface area contributed by atoms with Crippen LogP contribution >= 0.6 is 30.0 Å². The SMILES string of the molecule is Cc1cc(N(C)c2nc(P(C)(=O)O)c(CCCOc3ccc(C#CCN(C)C)cc3F)s2)nnc1Nc1nc2ccccc2s1. The van der Waals surface area contributed by atoms with Gasteiger partial charge in [0, 0.05) is 24.2 Å². The summed E-state index contributed by atoms with van der Waals surface area (Å²) >= 11 is 2.84. The van der Waals surface area contributed by atoms with Crippen molar-refractivity contribution in [3.8, 4) is 17.6 Å². The second-order valence-electron chi connectivity index (χ2n) is 10.7. The van der Waals surface area contributed by atoms with Crippen LogP contribution in [0.3, 0.4) is 0 Å². The van der Waals surface area contributed by atoms with E-state index >= 15 is 0 Å². The molecule has 3 aromatic heterocycles. The Hall–Kier alpha value is -3.92. The summed E-state index contributed by atoms with van der Waals surface area (Å²) in [5, 5.41) is 13.2. The number of rotatable bonds is 11. The first-order valence-electron chi connectivity index (χ1n) is 14.0. The highest BCUT2D eigenvalue weighted by Gasteiger charge is 2.26. The summed E-state index contributed by atoms with van der Waals surface area (Å²) < 4.78 is 34.0. The minimum Gasteiger partial charge on any atom is -0.491 e. The predicted octanol–water partition coefficient (Wildman–Crippen LogP) is 5.95. The standard InChI is InChI=1S/C31H33FN7O3PS2/c1-20-18-27(36-37-28(20)34-30-33-23-11-6-7-12-25(23)44-30)39(4)31-35-29(43(5,40)41)26(45-31)13-9-17-42-24-15-14-21(19-22(24)32)10-8-16-38(2)3/h6-7,11-12,14-15,18-19H,9,13,16-17H2,1-5H3,(H,40,41)(H,33,34,37). The number of nitrogens with zero attached hydrogens (tertiary/aromatic N) is 6. The summed E-state index contributed by atoms with van der Waals surface area (Å²) in [7, 11) is 1.95. The maximum absolute atomic E-state index is 14.6. The number of halogens is 1. The van der Waals surface area contributed by atoms with Gasteiger partial charge in [-0.1, -0.05) is 35.3 Å². The molecule has 1 unspecified atom stereocenters. The molecule has 2 N–H and O–H groups in total. The Balaban J connectivity index is 1.24. The largest absolute Gasteiger partial charge is 0.491 e. The molecular weight excluding hydrogens is 632 g/mol. The van der Waals surface area contributed by atoms with Gasteiger partial charge in [-0.2, -0.15) is 0 Å². The number of thiazole rings is 2. The van der Waals surface area contributed by atoms with E-state index in [1.54, 1.807) is 24.1 Å². The van der Waals surface area contributed by atoms with Crippen molar-refractivity contribution in [1.82, 2.24) is 25.1 Å². The molecular formula is C31H33FN7O3PS2. The molecule has 0 amide bonds. The second-order valence-corrected chi connectivity index (χ2v) is 14.9. The van der Waals surface area contributed by atoms with Crippen LogP contribution in [0.4, 0.5) is 26.3 Å². The second kappa shape index (κ2) is 14.0. The molecule has 0 bridgehead atoms. The molecule has 45 heavy (non-hydrogen) atoms. The highest BCUT2D eigenvalue weighted by Crippen LogP contribution is 2.40. The number of nitrogens with one attached hydrogen (secondary N) is 1. The number of para-hydroxylation sites is 1. The van der Waals surface area contributed by atoms with Crippen LogP contribution in [-0.2, 0) is 11.0 Å². The van der Waals surface area contributed by atoms with Gasteiger partial charge in [-0.25, -0.2) is 14.4 Å². The van der Waals surface area contributed by atoms with Gasteiger partial charge in [-0.15, -0.1) is 21.5 Å². The van der Waals surface area contributed by atoms with Crippen LogP contribution in [0.15, 0.2) is 48.5 Å². The Morgan fingerprint density at radius 3 is 2.60 bits per heavy atom. The number of hydrogen-bond donors (Lipinski definition) is 2. The van der Waals surface area contributed by atoms with Crippen molar-refractivity contribution in [1.29, 1.82) is 0 Å². The number of ether oxygens (including phenoxy) is 1. The average Bonchev–Trinajstić information content (AvgIpc) is 3.61. The summed E-state index contributed by atoms with van der Waals surface area (Å²) in [6.07, 6.45) is 0.928. The van der Waals surface area contributed by atoms with Crippen molar-refractivity contribution in [3.63, 3.8) is 0 Å². The number of hydrogen-bond acceptors (Lipinski definition) is 11. The number of benzene rings is 2. The average molecular weight is 666 g/mol. The molecule has 0 radical (unpaired) electrons. The van der Waals surface area contributed by atoms with E-state index in [-0.39, 0.29) is 17.8 Å². The number of aryl methyl sites for hydroxylation is 2. The van der Waals surface area contributed by atoms with Crippen LogP contribution in [0, 0.1) is 24.6 Å². The number of fused-ring (bicyclic) bond motifs is 1. The summed E-state index contributed by atoms with van der Waals surface area (Å²) in [4.78, 5) is 23.9. The van der Waals surface area contributed by atoms with Crippen molar-refractivity contribution in [2.75, 3.05) is 51.2 Å². The van der Waals surface area contributed by atoms with E-state index in [1.807, 2.05) is 56.3 Å². The van der Waals surface area contributed by atoms with Crippen molar-refractivity contribution >= 4 is 67.6 Å². The van der Waals surface area contributed by atoms with E-state index in [2.05, 4.69) is 37.3 Å².